The van der Waals surface area contributed by atoms with Crippen molar-refractivity contribution in [1.82, 2.24) is 5.32 Å². The van der Waals surface area contributed by atoms with Crippen molar-refractivity contribution < 1.29 is 8.42 Å². The number of benzene rings is 1. The topological polar surface area (TPSA) is 49.4 Å². The van der Waals surface area contributed by atoms with Gasteiger partial charge in [-0.1, -0.05) is 26.0 Å². The molecule has 0 spiro atoms. The molecule has 4 nitrogen and oxygen atoms in total. The van der Waals surface area contributed by atoms with Crippen LogP contribution in [-0.4, -0.2) is 26.8 Å². The average molecular weight is 282 g/mol. The Kier molecular flexibility index (Phi) is 4.47. The second-order valence-electron chi connectivity index (χ2n) is 5.30. The zero-order valence-corrected chi connectivity index (χ0v) is 12.4. The van der Waals surface area contributed by atoms with Crippen molar-refractivity contribution in [2.45, 2.75) is 39.3 Å². The van der Waals surface area contributed by atoms with E-state index in [0.29, 0.717) is 12.6 Å². The van der Waals surface area contributed by atoms with Gasteiger partial charge in [-0.15, -0.1) is 0 Å². The molecule has 1 saturated heterocycles. The van der Waals surface area contributed by atoms with Crippen molar-refractivity contribution in [2.75, 3.05) is 16.6 Å². The van der Waals surface area contributed by atoms with Gasteiger partial charge < -0.3 is 5.32 Å². The van der Waals surface area contributed by atoms with Crippen molar-refractivity contribution in [3.63, 3.8) is 0 Å². The second kappa shape index (κ2) is 5.92. The molecular weight excluding hydrogens is 260 g/mol. The van der Waals surface area contributed by atoms with Crippen LogP contribution in [0.15, 0.2) is 24.3 Å². The molecule has 1 fully saturated rings. The predicted octanol–water partition coefficient (Wildman–Crippen LogP) is 2.11. The maximum Gasteiger partial charge on any atom is 0.235 e. The molecule has 1 heterocycles. The molecule has 1 aromatic carbocycles. The van der Waals surface area contributed by atoms with Crippen LogP contribution in [0.4, 0.5) is 5.69 Å². The van der Waals surface area contributed by atoms with Gasteiger partial charge in [-0.3, -0.25) is 4.31 Å². The normalized spacial score (nSPS) is 18.8. The van der Waals surface area contributed by atoms with E-state index >= 15 is 0 Å². The second-order valence-corrected chi connectivity index (χ2v) is 7.31. The third-order valence-corrected chi connectivity index (χ3v) is 5.16. The lowest BCUT2D eigenvalue weighted by molar-refractivity contribution is 0.574. The Labute approximate surface area is 115 Å². The van der Waals surface area contributed by atoms with Gasteiger partial charge in [0.25, 0.3) is 0 Å². The van der Waals surface area contributed by atoms with Crippen LogP contribution in [0.1, 0.15) is 32.3 Å². The van der Waals surface area contributed by atoms with Crippen LogP contribution >= 0.6 is 0 Å². The Hall–Kier alpha value is -1.07. The highest BCUT2D eigenvalue weighted by atomic mass is 32.2. The first-order valence-electron chi connectivity index (χ1n) is 6.82. The van der Waals surface area contributed by atoms with E-state index < -0.39 is 10.0 Å². The molecule has 0 aliphatic carbocycles. The van der Waals surface area contributed by atoms with E-state index in [1.165, 1.54) is 9.87 Å². The molecular formula is C14H22N2O2S. The summed E-state index contributed by atoms with van der Waals surface area (Å²) in [5.74, 6) is 0.268. The fourth-order valence-electron chi connectivity index (χ4n) is 2.18. The molecule has 0 aromatic heterocycles. The first-order chi connectivity index (χ1) is 8.99. The quantitative estimate of drug-likeness (QED) is 0.920. The minimum atomic E-state index is -3.10. The molecule has 1 N–H and O–H groups in total. The van der Waals surface area contributed by atoms with Crippen LogP contribution in [0.3, 0.4) is 0 Å². The molecule has 0 amide bonds. The molecule has 1 aliphatic heterocycles. The molecule has 106 valence electrons. The summed E-state index contributed by atoms with van der Waals surface area (Å²) in [6.07, 6.45) is 1.71. The minimum Gasteiger partial charge on any atom is -0.310 e. The smallest absolute Gasteiger partial charge is 0.235 e. The summed E-state index contributed by atoms with van der Waals surface area (Å²) in [4.78, 5) is 0. The number of rotatable bonds is 4. The van der Waals surface area contributed by atoms with Crippen LogP contribution in [0.5, 0.6) is 0 Å². The van der Waals surface area contributed by atoms with Crippen molar-refractivity contribution in [1.29, 1.82) is 0 Å². The van der Waals surface area contributed by atoms with Crippen molar-refractivity contribution in [2.24, 2.45) is 0 Å². The number of hydrogen-bond acceptors (Lipinski definition) is 3. The van der Waals surface area contributed by atoms with E-state index in [0.717, 1.165) is 25.1 Å². The Morgan fingerprint density at radius 3 is 2.47 bits per heavy atom. The van der Waals surface area contributed by atoms with Crippen LogP contribution in [-0.2, 0) is 16.6 Å². The van der Waals surface area contributed by atoms with Gasteiger partial charge in [-0.25, -0.2) is 8.42 Å². The molecule has 0 atom stereocenters. The number of nitrogens with zero attached hydrogens (tertiary/aromatic N) is 1. The van der Waals surface area contributed by atoms with Gasteiger partial charge in [-0.05, 0) is 30.5 Å². The summed E-state index contributed by atoms with van der Waals surface area (Å²) in [5.41, 5.74) is 1.96. The van der Waals surface area contributed by atoms with Gasteiger partial charge >= 0.3 is 0 Å². The average Bonchev–Trinajstić information content (AvgIpc) is 2.37. The van der Waals surface area contributed by atoms with Crippen molar-refractivity contribution >= 4 is 15.7 Å². The van der Waals surface area contributed by atoms with Crippen LogP contribution in [0.2, 0.25) is 0 Å². The predicted molar refractivity (Wildman–Crippen MR) is 78.8 cm³/mol. The largest absolute Gasteiger partial charge is 0.310 e. The van der Waals surface area contributed by atoms with Crippen LogP contribution in [0, 0.1) is 0 Å². The highest BCUT2D eigenvalue weighted by molar-refractivity contribution is 7.92. The first-order valence-corrected chi connectivity index (χ1v) is 8.43. The molecule has 0 saturated carbocycles. The van der Waals surface area contributed by atoms with Gasteiger partial charge in [0.1, 0.15) is 0 Å². The molecule has 1 aliphatic rings. The van der Waals surface area contributed by atoms with E-state index in [1.54, 1.807) is 0 Å². The molecule has 19 heavy (non-hydrogen) atoms. The lowest BCUT2D eigenvalue weighted by Gasteiger charge is -2.28. The zero-order chi connectivity index (χ0) is 13.9. The Bertz CT molecular complexity index is 509. The summed E-state index contributed by atoms with van der Waals surface area (Å²) in [6, 6.07) is 8.24. The van der Waals surface area contributed by atoms with Gasteiger partial charge in [0.15, 0.2) is 0 Å². The van der Waals surface area contributed by atoms with Gasteiger partial charge in [-0.2, -0.15) is 0 Å². The zero-order valence-electron chi connectivity index (χ0n) is 11.6. The fraction of sp³-hybridized carbons (Fsp3) is 0.571. The Morgan fingerprint density at radius 2 is 1.89 bits per heavy atom. The standard InChI is InChI=1S/C14H22N2O2S/c1-12(2)15-11-13-5-7-14(8-6-13)16-9-3-4-10-19(16,17)18/h5-8,12,15H,3-4,9-11H2,1-2H3. The molecule has 2 rings (SSSR count). The lowest BCUT2D eigenvalue weighted by atomic mass is 10.2. The van der Waals surface area contributed by atoms with E-state index in [4.69, 9.17) is 0 Å². The number of nitrogens with one attached hydrogen (secondary N) is 1. The maximum atomic E-state index is 12.0. The highest BCUT2D eigenvalue weighted by Crippen LogP contribution is 2.23. The number of sulfonamides is 1. The SMILES string of the molecule is CC(C)NCc1ccc(N2CCCCS2(=O)=O)cc1. The molecule has 5 heteroatoms. The first kappa shape index (κ1) is 14.3. The summed E-state index contributed by atoms with van der Waals surface area (Å²) in [5, 5.41) is 3.35. The lowest BCUT2D eigenvalue weighted by Crippen LogP contribution is -2.37. The minimum absolute atomic E-state index is 0.268. The molecule has 0 unspecified atom stereocenters. The third-order valence-electron chi connectivity index (χ3n) is 3.29. The van der Waals surface area contributed by atoms with Crippen LogP contribution in [0.25, 0.3) is 0 Å². The fourth-order valence-corrected chi connectivity index (χ4v) is 3.82. The van der Waals surface area contributed by atoms with E-state index in [1.807, 2.05) is 24.3 Å². The van der Waals surface area contributed by atoms with E-state index in [-0.39, 0.29) is 5.75 Å². The molecule has 1 aromatic rings. The van der Waals surface area contributed by atoms with Gasteiger partial charge in [0.2, 0.25) is 10.0 Å². The van der Waals surface area contributed by atoms with Gasteiger partial charge in [0, 0.05) is 19.1 Å². The number of anilines is 1. The number of hydrogen-bond donors (Lipinski definition) is 1. The van der Waals surface area contributed by atoms with Crippen molar-refractivity contribution in [3.05, 3.63) is 29.8 Å². The van der Waals surface area contributed by atoms with Crippen LogP contribution < -0.4 is 9.62 Å². The van der Waals surface area contributed by atoms with Gasteiger partial charge in [0.05, 0.1) is 11.4 Å². The molecule has 0 bridgehead atoms. The summed E-state index contributed by atoms with van der Waals surface area (Å²) in [7, 11) is -3.10. The maximum absolute atomic E-state index is 12.0. The summed E-state index contributed by atoms with van der Waals surface area (Å²) in [6.45, 7) is 5.62. The van der Waals surface area contributed by atoms with E-state index in [2.05, 4.69) is 19.2 Å². The molecule has 0 radical (unpaired) electrons. The summed E-state index contributed by atoms with van der Waals surface area (Å²) >= 11 is 0. The monoisotopic (exact) mass is 282 g/mol. The Morgan fingerprint density at radius 1 is 1.21 bits per heavy atom. The highest BCUT2D eigenvalue weighted by Gasteiger charge is 2.25. The van der Waals surface area contributed by atoms with Crippen molar-refractivity contribution in [3.8, 4) is 0 Å². The summed E-state index contributed by atoms with van der Waals surface area (Å²) < 4.78 is 25.5. The Balaban J connectivity index is 2.09. The third kappa shape index (κ3) is 3.70. The van der Waals surface area contributed by atoms with E-state index in [9.17, 15) is 8.42 Å².